The van der Waals surface area contributed by atoms with Crippen LogP contribution in [0.1, 0.15) is 25.3 Å². The van der Waals surface area contributed by atoms with Crippen LogP contribution in [0, 0.1) is 5.92 Å². The van der Waals surface area contributed by atoms with Gasteiger partial charge in [-0.1, -0.05) is 49.4 Å². The summed E-state index contributed by atoms with van der Waals surface area (Å²) in [7, 11) is 0. The maximum Gasteiger partial charge on any atom is 0.0212 e. The Balaban J connectivity index is 1.48. The highest BCUT2D eigenvalue weighted by Gasteiger charge is 2.14. The van der Waals surface area contributed by atoms with E-state index in [0.717, 1.165) is 19.0 Å². The maximum atomic E-state index is 3.61. The van der Waals surface area contributed by atoms with Gasteiger partial charge in [-0.25, -0.2) is 0 Å². The summed E-state index contributed by atoms with van der Waals surface area (Å²) in [6.07, 6.45) is 2.73. The number of hydrogen-bond acceptors (Lipinski definition) is 2. The Labute approximate surface area is 128 Å². The number of nitrogens with one attached hydrogen (secondary N) is 1. The highest BCUT2D eigenvalue weighted by atomic mass is 15.1. The molecule has 1 N–H and O–H groups in total. The summed E-state index contributed by atoms with van der Waals surface area (Å²) >= 11 is 0. The van der Waals surface area contributed by atoms with Crippen molar-refractivity contribution < 1.29 is 0 Å². The van der Waals surface area contributed by atoms with Crippen molar-refractivity contribution in [2.75, 3.05) is 26.2 Å². The van der Waals surface area contributed by atoms with Crippen LogP contribution < -0.4 is 5.32 Å². The van der Waals surface area contributed by atoms with Gasteiger partial charge in [0, 0.05) is 19.6 Å². The molecule has 1 aliphatic heterocycles. The second-order valence-electron chi connectivity index (χ2n) is 6.34. The molecule has 0 saturated carbocycles. The molecule has 2 aromatic carbocycles. The van der Waals surface area contributed by atoms with Gasteiger partial charge in [0.15, 0.2) is 0 Å². The summed E-state index contributed by atoms with van der Waals surface area (Å²) in [4.78, 5) is 2.59. The molecule has 0 aromatic heterocycles. The molecule has 1 fully saturated rings. The van der Waals surface area contributed by atoms with Crippen LogP contribution in [0.2, 0.25) is 0 Å². The van der Waals surface area contributed by atoms with Gasteiger partial charge in [-0.05, 0) is 48.2 Å². The number of nitrogens with zero attached hydrogens (tertiary/aromatic N) is 1. The van der Waals surface area contributed by atoms with E-state index in [1.807, 2.05) is 0 Å². The molecule has 1 aliphatic rings. The Kier molecular flexibility index (Phi) is 4.89. The van der Waals surface area contributed by atoms with Gasteiger partial charge in [0.1, 0.15) is 0 Å². The van der Waals surface area contributed by atoms with E-state index in [1.165, 1.54) is 48.8 Å². The van der Waals surface area contributed by atoms with Gasteiger partial charge in [0.2, 0.25) is 0 Å². The van der Waals surface area contributed by atoms with E-state index < -0.39 is 0 Å². The van der Waals surface area contributed by atoms with Crippen LogP contribution in [-0.4, -0.2) is 31.1 Å². The second-order valence-corrected chi connectivity index (χ2v) is 6.34. The third-order valence-corrected chi connectivity index (χ3v) is 4.68. The molecule has 0 bridgehead atoms. The van der Waals surface area contributed by atoms with Gasteiger partial charge in [-0.3, -0.25) is 0 Å². The minimum atomic E-state index is 0.921. The molecule has 2 nitrogen and oxygen atoms in total. The summed E-state index contributed by atoms with van der Waals surface area (Å²) in [5.74, 6) is 0.921. The van der Waals surface area contributed by atoms with Crippen molar-refractivity contribution in [3.05, 3.63) is 48.0 Å². The molecule has 21 heavy (non-hydrogen) atoms. The zero-order valence-corrected chi connectivity index (χ0v) is 13.0. The summed E-state index contributed by atoms with van der Waals surface area (Å²) in [6.45, 7) is 8.14. The number of rotatable bonds is 5. The molecule has 1 saturated heterocycles. The number of likely N-dealkylation sites (tertiary alicyclic amines) is 1. The molecular weight excluding hydrogens is 256 g/mol. The Bertz CT molecular complexity index is 565. The lowest BCUT2D eigenvalue weighted by molar-refractivity contribution is 0.193. The topological polar surface area (TPSA) is 15.3 Å². The first-order valence-electron chi connectivity index (χ1n) is 8.22. The van der Waals surface area contributed by atoms with E-state index in [-0.39, 0.29) is 0 Å². The van der Waals surface area contributed by atoms with Crippen LogP contribution in [0.3, 0.4) is 0 Å². The van der Waals surface area contributed by atoms with Crippen molar-refractivity contribution in [1.29, 1.82) is 0 Å². The minimum Gasteiger partial charge on any atom is -0.311 e. The lowest BCUT2D eigenvalue weighted by Crippen LogP contribution is -2.37. The van der Waals surface area contributed by atoms with E-state index in [0.29, 0.717) is 0 Å². The average Bonchev–Trinajstić information content (AvgIpc) is 2.53. The first kappa shape index (κ1) is 14.6. The van der Waals surface area contributed by atoms with Crippen LogP contribution in [0.15, 0.2) is 42.5 Å². The lowest BCUT2D eigenvalue weighted by atomic mass is 9.99. The van der Waals surface area contributed by atoms with Crippen molar-refractivity contribution in [3.8, 4) is 0 Å². The van der Waals surface area contributed by atoms with Crippen molar-refractivity contribution >= 4 is 10.8 Å². The summed E-state index contributed by atoms with van der Waals surface area (Å²) in [6, 6.07) is 15.2. The normalized spacial score (nSPS) is 17.4. The third kappa shape index (κ3) is 3.84. The predicted octanol–water partition coefficient (Wildman–Crippen LogP) is 3.66. The molecule has 2 heteroatoms. The highest BCUT2D eigenvalue weighted by Crippen LogP contribution is 2.18. The SMILES string of the molecule is CC1CCN(CCNCc2cccc3ccccc23)CC1. The van der Waals surface area contributed by atoms with Gasteiger partial charge in [-0.2, -0.15) is 0 Å². The largest absolute Gasteiger partial charge is 0.311 e. The minimum absolute atomic E-state index is 0.921. The first-order chi connectivity index (χ1) is 10.3. The van der Waals surface area contributed by atoms with E-state index >= 15 is 0 Å². The number of piperidine rings is 1. The van der Waals surface area contributed by atoms with Gasteiger partial charge < -0.3 is 10.2 Å². The molecule has 0 radical (unpaired) electrons. The van der Waals surface area contributed by atoms with Crippen molar-refractivity contribution in [3.63, 3.8) is 0 Å². The Morgan fingerprint density at radius 1 is 1.05 bits per heavy atom. The van der Waals surface area contributed by atoms with Gasteiger partial charge in [0.25, 0.3) is 0 Å². The third-order valence-electron chi connectivity index (χ3n) is 4.68. The van der Waals surface area contributed by atoms with Gasteiger partial charge in [-0.15, -0.1) is 0 Å². The van der Waals surface area contributed by atoms with E-state index in [2.05, 4.69) is 59.6 Å². The monoisotopic (exact) mass is 282 g/mol. The molecule has 0 unspecified atom stereocenters. The molecule has 1 heterocycles. The predicted molar refractivity (Wildman–Crippen MR) is 90.5 cm³/mol. The molecule has 0 atom stereocenters. The lowest BCUT2D eigenvalue weighted by Gasteiger charge is -2.30. The van der Waals surface area contributed by atoms with Crippen LogP contribution in [0.5, 0.6) is 0 Å². The average molecular weight is 282 g/mol. The maximum absolute atomic E-state index is 3.61. The summed E-state index contributed by atoms with van der Waals surface area (Å²) in [5, 5.41) is 6.32. The van der Waals surface area contributed by atoms with Crippen LogP contribution in [-0.2, 0) is 6.54 Å². The van der Waals surface area contributed by atoms with Gasteiger partial charge in [0.05, 0.1) is 0 Å². The fraction of sp³-hybridized carbons (Fsp3) is 0.474. The van der Waals surface area contributed by atoms with Crippen molar-refractivity contribution in [1.82, 2.24) is 10.2 Å². The van der Waals surface area contributed by atoms with Crippen LogP contribution >= 0.6 is 0 Å². The molecule has 112 valence electrons. The Morgan fingerprint density at radius 2 is 1.81 bits per heavy atom. The quantitative estimate of drug-likeness (QED) is 0.842. The fourth-order valence-electron chi connectivity index (χ4n) is 3.19. The first-order valence-corrected chi connectivity index (χ1v) is 8.22. The van der Waals surface area contributed by atoms with E-state index in [4.69, 9.17) is 0 Å². The molecule has 2 aromatic rings. The summed E-state index contributed by atoms with van der Waals surface area (Å²) in [5.41, 5.74) is 1.40. The number of benzene rings is 2. The Morgan fingerprint density at radius 3 is 2.67 bits per heavy atom. The Hall–Kier alpha value is -1.38. The van der Waals surface area contributed by atoms with Crippen molar-refractivity contribution in [2.45, 2.75) is 26.3 Å². The van der Waals surface area contributed by atoms with Crippen LogP contribution in [0.25, 0.3) is 10.8 Å². The van der Waals surface area contributed by atoms with E-state index in [9.17, 15) is 0 Å². The zero-order valence-electron chi connectivity index (χ0n) is 13.0. The zero-order chi connectivity index (χ0) is 14.5. The molecule has 0 amide bonds. The molecule has 3 rings (SSSR count). The smallest absolute Gasteiger partial charge is 0.0212 e. The van der Waals surface area contributed by atoms with Crippen LogP contribution in [0.4, 0.5) is 0 Å². The molecular formula is C19H26N2. The number of fused-ring (bicyclic) bond motifs is 1. The summed E-state index contributed by atoms with van der Waals surface area (Å²) < 4.78 is 0. The van der Waals surface area contributed by atoms with Crippen molar-refractivity contribution in [2.24, 2.45) is 5.92 Å². The molecule has 0 spiro atoms. The van der Waals surface area contributed by atoms with E-state index in [1.54, 1.807) is 0 Å². The standard InChI is InChI=1S/C19H26N2/c1-16-9-12-21(13-10-16)14-11-20-15-18-7-4-6-17-5-2-3-8-19(17)18/h2-8,16,20H,9-15H2,1H3. The highest BCUT2D eigenvalue weighted by molar-refractivity contribution is 5.85. The number of hydrogen-bond donors (Lipinski definition) is 1. The van der Waals surface area contributed by atoms with Gasteiger partial charge >= 0.3 is 0 Å². The fourth-order valence-corrected chi connectivity index (χ4v) is 3.19. The molecule has 0 aliphatic carbocycles. The second kappa shape index (κ2) is 7.06.